The second kappa shape index (κ2) is 7.36. The number of hydrogen-bond acceptors (Lipinski definition) is 4. The van der Waals surface area contributed by atoms with Gasteiger partial charge < -0.3 is 19.7 Å². The number of alkyl halides is 3. The summed E-state index contributed by atoms with van der Waals surface area (Å²) < 4.78 is 70.5. The highest BCUT2D eigenvalue weighted by atomic mass is 19.4. The van der Waals surface area contributed by atoms with Crippen LogP contribution in [0.1, 0.15) is 39.2 Å². The molecule has 0 aliphatic carbocycles. The van der Waals surface area contributed by atoms with Crippen molar-refractivity contribution in [3.63, 3.8) is 0 Å². The van der Waals surface area contributed by atoms with Crippen molar-refractivity contribution >= 4 is 22.7 Å². The fourth-order valence-electron chi connectivity index (χ4n) is 3.34. The summed E-state index contributed by atoms with van der Waals surface area (Å²) in [6, 6.07) is 1.30. The molecular weight excluding hydrogens is 427 g/mol. The number of carbonyl (C=O) groups excluding carboxylic acids is 2. The lowest BCUT2D eigenvalue weighted by atomic mass is 10.0. The molecule has 7 nitrogen and oxygen atoms in total. The molecule has 4 rings (SSSR count). The summed E-state index contributed by atoms with van der Waals surface area (Å²) in [5, 5.41) is 5.42. The van der Waals surface area contributed by atoms with Crippen molar-refractivity contribution in [2.24, 2.45) is 0 Å². The van der Waals surface area contributed by atoms with E-state index >= 15 is 0 Å². The van der Waals surface area contributed by atoms with Gasteiger partial charge in [-0.05, 0) is 25.1 Å². The van der Waals surface area contributed by atoms with Gasteiger partial charge in [-0.25, -0.2) is 8.78 Å². The zero-order valence-corrected chi connectivity index (χ0v) is 15.9. The molecule has 3 heterocycles. The van der Waals surface area contributed by atoms with E-state index < -0.39 is 41.4 Å². The second-order valence-electron chi connectivity index (χ2n) is 7.16. The van der Waals surface area contributed by atoms with Gasteiger partial charge in [0.15, 0.2) is 11.6 Å². The monoisotopic (exact) mass is 442 g/mol. The molecule has 2 aromatic heterocycles. The van der Waals surface area contributed by atoms with Gasteiger partial charge in [0, 0.05) is 29.4 Å². The second-order valence-corrected chi connectivity index (χ2v) is 7.16. The highest BCUT2D eigenvalue weighted by molar-refractivity contribution is 5.98. The molecular formula is C19H15F5N4O3. The third-order valence-electron chi connectivity index (χ3n) is 5.09. The number of rotatable bonds is 3. The van der Waals surface area contributed by atoms with Crippen LogP contribution in [-0.4, -0.2) is 45.6 Å². The summed E-state index contributed by atoms with van der Waals surface area (Å²) in [6.45, 7) is 0.825. The van der Waals surface area contributed by atoms with Gasteiger partial charge in [0.05, 0.1) is 12.2 Å². The molecule has 2 amide bonds. The van der Waals surface area contributed by atoms with Gasteiger partial charge in [0.2, 0.25) is 5.76 Å². The number of carbonyl (C=O) groups is 2. The molecule has 1 aliphatic rings. The lowest BCUT2D eigenvalue weighted by Gasteiger charge is -2.26. The van der Waals surface area contributed by atoms with Crippen LogP contribution in [0.4, 0.5) is 22.0 Å². The normalized spacial score (nSPS) is 15.1. The number of nitrogens with zero attached hydrogens (tertiary/aromatic N) is 2. The molecule has 1 aliphatic heterocycles. The average molecular weight is 442 g/mol. The lowest BCUT2D eigenvalue weighted by Crippen LogP contribution is -2.43. The van der Waals surface area contributed by atoms with Gasteiger partial charge in [-0.15, -0.1) is 0 Å². The molecule has 3 aromatic rings. The Labute approximate surface area is 171 Å². The van der Waals surface area contributed by atoms with Gasteiger partial charge in [-0.3, -0.25) is 9.59 Å². The molecule has 0 radical (unpaired) electrons. The molecule has 0 saturated carbocycles. The summed E-state index contributed by atoms with van der Waals surface area (Å²) in [5.41, 5.74) is 0.778. The van der Waals surface area contributed by atoms with Crippen LogP contribution in [0.15, 0.2) is 22.7 Å². The van der Waals surface area contributed by atoms with Crippen molar-refractivity contribution in [3.8, 4) is 0 Å². The predicted octanol–water partition coefficient (Wildman–Crippen LogP) is 3.31. The molecule has 12 heteroatoms. The molecule has 1 atom stereocenters. The minimum atomic E-state index is -4.64. The van der Waals surface area contributed by atoms with Crippen LogP contribution in [0, 0.1) is 11.6 Å². The third-order valence-corrected chi connectivity index (χ3v) is 5.09. The molecule has 1 aromatic carbocycles. The fraction of sp³-hybridized carbons (Fsp3) is 0.316. The summed E-state index contributed by atoms with van der Waals surface area (Å²) in [5.74, 6) is -4.21. The number of halogens is 5. The van der Waals surface area contributed by atoms with E-state index in [2.05, 4.69) is 10.1 Å². The SMILES string of the molecule is CC(NC(=O)c1onc2c1CN(C(=O)c1cc3c(F)c(F)ccc3[nH]1)CC2)C(F)(F)F. The minimum absolute atomic E-state index is 0.00361. The van der Waals surface area contributed by atoms with Gasteiger partial charge in [-0.2, -0.15) is 13.2 Å². The zero-order chi connectivity index (χ0) is 22.5. The average Bonchev–Trinajstić information content (AvgIpc) is 3.33. The highest BCUT2D eigenvalue weighted by Crippen LogP contribution is 2.27. The van der Waals surface area contributed by atoms with Crippen LogP contribution >= 0.6 is 0 Å². The molecule has 1 unspecified atom stereocenters. The molecule has 0 spiro atoms. The number of amides is 2. The van der Waals surface area contributed by atoms with Gasteiger partial charge in [-0.1, -0.05) is 5.16 Å². The Morgan fingerprint density at radius 2 is 2.03 bits per heavy atom. The fourth-order valence-corrected chi connectivity index (χ4v) is 3.34. The van der Waals surface area contributed by atoms with Gasteiger partial charge in [0.25, 0.3) is 11.8 Å². The van der Waals surface area contributed by atoms with Crippen molar-refractivity contribution < 1.29 is 36.1 Å². The Balaban J connectivity index is 1.56. The van der Waals surface area contributed by atoms with E-state index in [0.717, 1.165) is 13.0 Å². The summed E-state index contributed by atoms with van der Waals surface area (Å²) in [4.78, 5) is 29.1. The molecule has 0 saturated heterocycles. The quantitative estimate of drug-likeness (QED) is 0.609. The van der Waals surface area contributed by atoms with Gasteiger partial charge >= 0.3 is 6.18 Å². The standard InChI is InChI=1S/C19H15F5N4O3/c1-8(19(22,23)24)25-17(29)16-10-7-28(5-4-13(10)27-31-16)18(30)14-6-9-12(26-14)3-2-11(20)15(9)21/h2-3,6,8,26H,4-5,7H2,1H3,(H,25,29). The molecule has 31 heavy (non-hydrogen) atoms. The van der Waals surface area contributed by atoms with E-state index in [-0.39, 0.29) is 41.7 Å². The molecule has 164 valence electrons. The first-order chi connectivity index (χ1) is 14.6. The smallest absolute Gasteiger partial charge is 0.350 e. The highest BCUT2D eigenvalue weighted by Gasteiger charge is 2.39. The zero-order valence-electron chi connectivity index (χ0n) is 15.9. The number of hydrogen-bond donors (Lipinski definition) is 2. The summed E-state index contributed by atoms with van der Waals surface area (Å²) in [6.07, 6.45) is -4.43. The van der Waals surface area contributed by atoms with Crippen molar-refractivity contribution in [1.29, 1.82) is 0 Å². The Hall–Kier alpha value is -3.44. The molecule has 0 fully saturated rings. The van der Waals surface area contributed by atoms with Crippen LogP contribution < -0.4 is 5.32 Å². The van der Waals surface area contributed by atoms with E-state index in [1.54, 1.807) is 5.32 Å². The van der Waals surface area contributed by atoms with Crippen molar-refractivity contribution in [3.05, 3.63) is 52.5 Å². The van der Waals surface area contributed by atoms with Crippen LogP contribution in [0.25, 0.3) is 10.9 Å². The van der Waals surface area contributed by atoms with E-state index in [1.807, 2.05) is 0 Å². The Morgan fingerprint density at radius 3 is 2.74 bits per heavy atom. The van der Waals surface area contributed by atoms with E-state index in [4.69, 9.17) is 4.52 Å². The minimum Gasteiger partial charge on any atom is -0.350 e. The maximum absolute atomic E-state index is 13.9. The number of fused-ring (bicyclic) bond motifs is 2. The maximum atomic E-state index is 13.9. The van der Waals surface area contributed by atoms with Crippen molar-refractivity contribution in [2.45, 2.75) is 32.1 Å². The Kier molecular flexibility index (Phi) is 4.94. The Bertz CT molecular complexity index is 1180. The summed E-state index contributed by atoms with van der Waals surface area (Å²) in [7, 11) is 0. The van der Waals surface area contributed by atoms with Crippen LogP contribution in [-0.2, 0) is 13.0 Å². The number of benzene rings is 1. The van der Waals surface area contributed by atoms with Crippen LogP contribution in [0.2, 0.25) is 0 Å². The lowest BCUT2D eigenvalue weighted by molar-refractivity contribution is -0.149. The predicted molar refractivity (Wildman–Crippen MR) is 96.1 cm³/mol. The van der Waals surface area contributed by atoms with E-state index in [1.165, 1.54) is 17.0 Å². The topological polar surface area (TPSA) is 91.2 Å². The Morgan fingerprint density at radius 1 is 1.29 bits per heavy atom. The molecule has 0 bridgehead atoms. The third kappa shape index (κ3) is 3.73. The van der Waals surface area contributed by atoms with Crippen molar-refractivity contribution in [2.75, 3.05) is 6.54 Å². The number of H-pyrrole nitrogens is 1. The number of nitrogens with one attached hydrogen (secondary N) is 2. The maximum Gasteiger partial charge on any atom is 0.408 e. The van der Waals surface area contributed by atoms with Crippen LogP contribution in [0.3, 0.4) is 0 Å². The summed E-state index contributed by atoms with van der Waals surface area (Å²) >= 11 is 0. The van der Waals surface area contributed by atoms with Gasteiger partial charge in [0.1, 0.15) is 11.7 Å². The number of aromatic nitrogens is 2. The number of aromatic amines is 1. The van der Waals surface area contributed by atoms with Crippen molar-refractivity contribution in [1.82, 2.24) is 20.4 Å². The van der Waals surface area contributed by atoms with E-state index in [9.17, 15) is 31.5 Å². The van der Waals surface area contributed by atoms with Crippen LogP contribution in [0.5, 0.6) is 0 Å². The van der Waals surface area contributed by atoms with E-state index in [0.29, 0.717) is 5.69 Å². The largest absolute Gasteiger partial charge is 0.408 e. The first-order valence-corrected chi connectivity index (χ1v) is 9.17. The first kappa shape index (κ1) is 20.8. The first-order valence-electron chi connectivity index (χ1n) is 9.17. The molecule has 2 N–H and O–H groups in total.